The van der Waals surface area contributed by atoms with E-state index in [-0.39, 0.29) is 24.2 Å². The molecule has 33 heavy (non-hydrogen) atoms. The molecule has 1 heterocycles. The predicted molar refractivity (Wildman–Crippen MR) is 138 cm³/mol. The van der Waals surface area contributed by atoms with Gasteiger partial charge < -0.3 is 10.2 Å². The number of rotatable bonds is 7. The number of hydrogen-bond donors (Lipinski definition) is 1. The molecule has 1 N–H and O–H groups in total. The smallest absolute Gasteiger partial charge is 0.260 e. The molecule has 0 atom stereocenters. The molecule has 2 aromatic rings. The van der Waals surface area contributed by atoms with Gasteiger partial charge >= 0.3 is 0 Å². The van der Waals surface area contributed by atoms with Gasteiger partial charge in [-0.1, -0.05) is 49.4 Å². The van der Waals surface area contributed by atoms with Gasteiger partial charge in [-0.3, -0.25) is 14.5 Å². The Labute approximate surface area is 207 Å². The van der Waals surface area contributed by atoms with Crippen molar-refractivity contribution in [2.24, 2.45) is 0 Å². The van der Waals surface area contributed by atoms with E-state index in [1.165, 1.54) is 32.1 Å². The first-order valence-electron chi connectivity index (χ1n) is 11.8. The van der Waals surface area contributed by atoms with Crippen LogP contribution in [0, 0.1) is 0 Å². The summed E-state index contributed by atoms with van der Waals surface area (Å²) in [4.78, 5) is 29.8. The molecule has 178 valence electrons. The molecular weight excluding hydrogens is 457 g/mol. The van der Waals surface area contributed by atoms with Crippen molar-refractivity contribution >= 4 is 52.9 Å². The van der Waals surface area contributed by atoms with Gasteiger partial charge in [0.2, 0.25) is 5.91 Å². The van der Waals surface area contributed by atoms with Crippen LogP contribution in [0.2, 0.25) is 5.02 Å². The highest BCUT2D eigenvalue weighted by atomic mass is 35.5. The summed E-state index contributed by atoms with van der Waals surface area (Å²) in [6.45, 7) is 1.02. The zero-order chi connectivity index (χ0) is 22.5. The van der Waals surface area contributed by atoms with Crippen LogP contribution in [0.4, 0.5) is 17.1 Å². The number of unbranched alkanes of at least 4 members (excludes halogenated alkanes) is 2. The Morgan fingerprint density at radius 1 is 1.00 bits per heavy atom. The lowest BCUT2D eigenvalue weighted by Crippen LogP contribution is -2.31. The molecule has 0 saturated heterocycles. The van der Waals surface area contributed by atoms with E-state index >= 15 is 0 Å². The third kappa shape index (κ3) is 5.89. The fourth-order valence-corrected chi connectivity index (χ4v) is 4.96. The molecule has 2 aliphatic rings. The van der Waals surface area contributed by atoms with Gasteiger partial charge in [0.05, 0.1) is 22.6 Å². The summed E-state index contributed by atoms with van der Waals surface area (Å²) in [5.74, 6) is -0.141. The van der Waals surface area contributed by atoms with Crippen LogP contribution in [-0.2, 0) is 4.79 Å². The molecule has 7 heteroatoms. The molecule has 5 nitrogen and oxygen atoms in total. The Morgan fingerprint density at radius 2 is 1.76 bits per heavy atom. The molecular formula is C26H33Cl2N3O2. The first kappa shape index (κ1) is 25.5. The molecule has 1 aliphatic carbocycles. The Morgan fingerprint density at radius 3 is 2.55 bits per heavy atom. The number of carbonyl (C=O) groups excluding carboxylic acids is 2. The number of carbonyl (C=O) groups is 2. The maximum atomic E-state index is 13.4. The SMILES string of the molecule is CN1C(=O)c2ccccc2N(C(=O)CCCCCNC2CCCCC2)c2ccc(Cl)cc21.Cl. The van der Waals surface area contributed by atoms with Crippen molar-refractivity contribution in [3.05, 3.63) is 53.1 Å². The summed E-state index contributed by atoms with van der Waals surface area (Å²) >= 11 is 6.22. The summed E-state index contributed by atoms with van der Waals surface area (Å²) in [7, 11) is 1.72. The summed E-state index contributed by atoms with van der Waals surface area (Å²) in [5.41, 5.74) is 2.49. The van der Waals surface area contributed by atoms with Gasteiger partial charge in [0.25, 0.3) is 5.91 Å². The van der Waals surface area contributed by atoms with Crippen molar-refractivity contribution in [1.82, 2.24) is 5.32 Å². The highest BCUT2D eigenvalue weighted by molar-refractivity contribution is 6.31. The lowest BCUT2D eigenvalue weighted by atomic mass is 9.95. The normalized spacial score (nSPS) is 16.0. The molecule has 0 radical (unpaired) electrons. The minimum Gasteiger partial charge on any atom is -0.314 e. The van der Waals surface area contributed by atoms with E-state index in [0.29, 0.717) is 40.1 Å². The lowest BCUT2D eigenvalue weighted by Gasteiger charge is -2.25. The number of halogens is 2. The quantitative estimate of drug-likeness (QED) is 0.451. The van der Waals surface area contributed by atoms with Gasteiger partial charge in [0.1, 0.15) is 0 Å². The molecule has 1 saturated carbocycles. The predicted octanol–water partition coefficient (Wildman–Crippen LogP) is 6.50. The van der Waals surface area contributed by atoms with Gasteiger partial charge in [-0.15, -0.1) is 12.4 Å². The molecule has 0 unspecified atom stereocenters. The summed E-state index contributed by atoms with van der Waals surface area (Å²) in [6, 6.07) is 13.3. The third-order valence-corrected chi connectivity index (χ3v) is 6.81. The van der Waals surface area contributed by atoms with Gasteiger partial charge in [-0.2, -0.15) is 0 Å². The zero-order valence-corrected chi connectivity index (χ0v) is 20.8. The fraction of sp³-hybridized carbons (Fsp3) is 0.462. The highest BCUT2D eigenvalue weighted by Crippen LogP contribution is 2.41. The van der Waals surface area contributed by atoms with Crippen molar-refractivity contribution in [2.75, 3.05) is 23.4 Å². The Hall–Kier alpha value is -2.08. The van der Waals surface area contributed by atoms with Crippen molar-refractivity contribution in [2.45, 2.75) is 63.8 Å². The molecule has 0 spiro atoms. The zero-order valence-electron chi connectivity index (χ0n) is 19.2. The number of anilines is 3. The first-order valence-corrected chi connectivity index (χ1v) is 12.2. The number of nitrogens with one attached hydrogen (secondary N) is 1. The van der Waals surface area contributed by atoms with Crippen molar-refractivity contribution in [1.29, 1.82) is 0 Å². The average Bonchev–Trinajstić information content (AvgIpc) is 2.90. The summed E-state index contributed by atoms with van der Waals surface area (Å²) in [6.07, 6.45) is 10.0. The molecule has 1 aliphatic heterocycles. The Balaban J connectivity index is 0.00000306. The minimum absolute atomic E-state index is 0. The Bertz CT molecular complexity index is 976. The van der Waals surface area contributed by atoms with Crippen molar-refractivity contribution in [3.8, 4) is 0 Å². The maximum Gasteiger partial charge on any atom is 0.260 e. The third-order valence-electron chi connectivity index (χ3n) is 6.57. The van der Waals surface area contributed by atoms with Gasteiger partial charge in [-0.25, -0.2) is 0 Å². The van der Waals surface area contributed by atoms with Crippen LogP contribution < -0.4 is 15.1 Å². The standard InChI is InChI=1S/C26H32ClN3O2.ClH/c1-29-24-18-19(27)15-16-23(24)30(22-13-8-7-12-21(22)26(29)32)25(31)14-6-3-9-17-28-20-10-4-2-5-11-20;/h7-8,12-13,15-16,18,20,28H,2-6,9-11,14,17H2,1H3;1H. The van der Waals surface area contributed by atoms with E-state index in [9.17, 15) is 9.59 Å². The van der Waals surface area contributed by atoms with Crippen LogP contribution in [-0.4, -0.2) is 31.4 Å². The van der Waals surface area contributed by atoms with Crippen LogP contribution in [0.25, 0.3) is 0 Å². The minimum atomic E-state index is -0.145. The van der Waals surface area contributed by atoms with E-state index in [0.717, 1.165) is 25.8 Å². The number of benzene rings is 2. The number of fused-ring (bicyclic) bond motifs is 2. The first-order chi connectivity index (χ1) is 15.6. The van der Waals surface area contributed by atoms with Crippen LogP contribution >= 0.6 is 24.0 Å². The Kier molecular flexibility index (Phi) is 9.19. The van der Waals surface area contributed by atoms with E-state index in [1.54, 1.807) is 35.0 Å². The van der Waals surface area contributed by atoms with E-state index in [4.69, 9.17) is 11.6 Å². The van der Waals surface area contributed by atoms with Crippen LogP contribution in [0.15, 0.2) is 42.5 Å². The lowest BCUT2D eigenvalue weighted by molar-refractivity contribution is -0.118. The molecule has 0 bridgehead atoms. The largest absolute Gasteiger partial charge is 0.314 e. The number of amides is 2. The second-order valence-corrected chi connectivity index (χ2v) is 9.28. The molecule has 1 fully saturated rings. The van der Waals surface area contributed by atoms with Gasteiger partial charge in [0.15, 0.2) is 0 Å². The van der Waals surface area contributed by atoms with Crippen LogP contribution in [0.3, 0.4) is 0 Å². The number of nitrogens with zero attached hydrogens (tertiary/aromatic N) is 2. The fourth-order valence-electron chi connectivity index (χ4n) is 4.80. The monoisotopic (exact) mass is 489 g/mol. The van der Waals surface area contributed by atoms with Crippen molar-refractivity contribution in [3.63, 3.8) is 0 Å². The molecule has 2 amide bonds. The summed E-state index contributed by atoms with van der Waals surface area (Å²) in [5, 5.41) is 4.21. The van der Waals surface area contributed by atoms with E-state index in [1.807, 2.05) is 24.3 Å². The van der Waals surface area contributed by atoms with E-state index in [2.05, 4.69) is 5.32 Å². The molecule has 4 rings (SSSR count). The van der Waals surface area contributed by atoms with Gasteiger partial charge in [0, 0.05) is 24.5 Å². The number of para-hydroxylation sites is 1. The molecule has 0 aromatic heterocycles. The molecule has 2 aromatic carbocycles. The topological polar surface area (TPSA) is 52.7 Å². The van der Waals surface area contributed by atoms with Crippen LogP contribution in [0.5, 0.6) is 0 Å². The summed E-state index contributed by atoms with van der Waals surface area (Å²) < 4.78 is 0. The van der Waals surface area contributed by atoms with Gasteiger partial charge in [-0.05, 0) is 62.6 Å². The van der Waals surface area contributed by atoms with E-state index < -0.39 is 0 Å². The van der Waals surface area contributed by atoms with Crippen LogP contribution in [0.1, 0.15) is 68.1 Å². The second kappa shape index (κ2) is 11.9. The second-order valence-electron chi connectivity index (χ2n) is 8.84. The average molecular weight is 490 g/mol. The van der Waals surface area contributed by atoms with Crippen molar-refractivity contribution < 1.29 is 9.59 Å². The number of hydrogen-bond acceptors (Lipinski definition) is 3. The highest BCUT2D eigenvalue weighted by Gasteiger charge is 2.32. The maximum absolute atomic E-state index is 13.4.